The lowest BCUT2D eigenvalue weighted by Crippen LogP contribution is -2.29. The SMILES string of the molecule is CCCNC(c1cc(F)cc(F)c1)C1COC(C)C1. The molecule has 4 heteroatoms. The van der Waals surface area contributed by atoms with Crippen molar-refractivity contribution >= 4 is 0 Å². The Morgan fingerprint density at radius 3 is 2.53 bits per heavy atom. The van der Waals surface area contributed by atoms with Crippen molar-refractivity contribution in [3.63, 3.8) is 0 Å². The second-order valence-corrected chi connectivity index (χ2v) is 5.27. The number of hydrogen-bond donors (Lipinski definition) is 1. The highest BCUT2D eigenvalue weighted by Gasteiger charge is 2.30. The van der Waals surface area contributed by atoms with Crippen LogP contribution in [-0.2, 0) is 4.74 Å². The summed E-state index contributed by atoms with van der Waals surface area (Å²) in [5.41, 5.74) is 0.675. The van der Waals surface area contributed by atoms with Crippen molar-refractivity contribution in [2.24, 2.45) is 5.92 Å². The third kappa shape index (κ3) is 3.74. The fourth-order valence-corrected chi connectivity index (χ4v) is 2.69. The van der Waals surface area contributed by atoms with Gasteiger partial charge in [-0.2, -0.15) is 0 Å². The van der Waals surface area contributed by atoms with Crippen LogP contribution in [0.4, 0.5) is 8.78 Å². The van der Waals surface area contributed by atoms with Gasteiger partial charge in [-0.05, 0) is 44.0 Å². The number of halogens is 2. The molecule has 1 saturated heterocycles. The first-order chi connectivity index (χ1) is 9.10. The molecule has 106 valence electrons. The lowest BCUT2D eigenvalue weighted by atomic mass is 9.90. The van der Waals surface area contributed by atoms with E-state index < -0.39 is 11.6 Å². The van der Waals surface area contributed by atoms with E-state index >= 15 is 0 Å². The molecule has 2 rings (SSSR count). The van der Waals surface area contributed by atoms with E-state index in [-0.39, 0.29) is 18.1 Å². The first kappa shape index (κ1) is 14.4. The smallest absolute Gasteiger partial charge is 0.126 e. The summed E-state index contributed by atoms with van der Waals surface area (Å²) in [7, 11) is 0. The predicted molar refractivity (Wildman–Crippen MR) is 70.9 cm³/mol. The highest BCUT2D eigenvalue weighted by atomic mass is 19.1. The van der Waals surface area contributed by atoms with Crippen LogP contribution < -0.4 is 5.32 Å². The fraction of sp³-hybridized carbons (Fsp3) is 0.600. The third-order valence-electron chi connectivity index (χ3n) is 3.56. The Labute approximate surface area is 113 Å². The maximum atomic E-state index is 13.4. The molecule has 0 saturated carbocycles. The molecule has 2 nitrogen and oxygen atoms in total. The summed E-state index contributed by atoms with van der Waals surface area (Å²) in [6.45, 7) is 5.57. The highest BCUT2D eigenvalue weighted by molar-refractivity contribution is 5.22. The maximum Gasteiger partial charge on any atom is 0.126 e. The van der Waals surface area contributed by atoms with Gasteiger partial charge in [-0.3, -0.25) is 0 Å². The summed E-state index contributed by atoms with van der Waals surface area (Å²) < 4.78 is 32.3. The fourth-order valence-electron chi connectivity index (χ4n) is 2.69. The van der Waals surface area contributed by atoms with E-state index in [1.807, 2.05) is 6.92 Å². The second-order valence-electron chi connectivity index (χ2n) is 5.27. The number of benzene rings is 1. The molecule has 1 heterocycles. The van der Waals surface area contributed by atoms with Gasteiger partial charge in [0.15, 0.2) is 0 Å². The van der Waals surface area contributed by atoms with E-state index in [4.69, 9.17) is 4.74 Å². The van der Waals surface area contributed by atoms with E-state index in [9.17, 15) is 8.78 Å². The summed E-state index contributed by atoms with van der Waals surface area (Å²) in [5, 5.41) is 3.39. The average molecular weight is 269 g/mol. The molecule has 0 bridgehead atoms. The Morgan fingerprint density at radius 2 is 2.00 bits per heavy atom. The van der Waals surface area contributed by atoms with Gasteiger partial charge in [0.1, 0.15) is 11.6 Å². The Bertz CT molecular complexity index is 404. The van der Waals surface area contributed by atoms with Gasteiger partial charge in [-0.1, -0.05) is 6.92 Å². The van der Waals surface area contributed by atoms with Crippen LogP contribution in [0.15, 0.2) is 18.2 Å². The molecule has 0 aliphatic carbocycles. The Morgan fingerprint density at radius 1 is 1.32 bits per heavy atom. The molecule has 0 amide bonds. The standard InChI is InChI=1S/C15H21F2NO/c1-3-4-18-15(12-5-10(2)19-9-12)11-6-13(16)8-14(17)7-11/h6-8,10,12,15,18H,3-5,9H2,1-2H3. The van der Waals surface area contributed by atoms with Crippen LogP contribution in [0.1, 0.15) is 38.3 Å². The molecule has 1 N–H and O–H groups in total. The van der Waals surface area contributed by atoms with Crippen LogP contribution in [0.25, 0.3) is 0 Å². The van der Waals surface area contributed by atoms with Crippen molar-refractivity contribution in [1.82, 2.24) is 5.32 Å². The molecular formula is C15H21F2NO. The van der Waals surface area contributed by atoms with E-state index in [2.05, 4.69) is 12.2 Å². The van der Waals surface area contributed by atoms with Gasteiger partial charge >= 0.3 is 0 Å². The van der Waals surface area contributed by atoms with Gasteiger partial charge in [0.25, 0.3) is 0 Å². The zero-order valence-corrected chi connectivity index (χ0v) is 11.5. The van der Waals surface area contributed by atoms with Gasteiger partial charge in [0.2, 0.25) is 0 Å². The molecule has 0 spiro atoms. The van der Waals surface area contributed by atoms with Crippen molar-refractivity contribution in [2.45, 2.75) is 38.8 Å². The minimum atomic E-state index is -0.523. The van der Waals surface area contributed by atoms with Crippen molar-refractivity contribution in [3.8, 4) is 0 Å². The van der Waals surface area contributed by atoms with Gasteiger partial charge in [0.05, 0.1) is 12.7 Å². The molecular weight excluding hydrogens is 248 g/mol. The molecule has 1 aromatic rings. The molecule has 19 heavy (non-hydrogen) atoms. The molecule has 0 radical (unpaired) electrons. The van der Waals surface area contributed by atoms with Gasteiger partial charge in [-0.25, -0.2) is 8.78 Å². The van der Waals surface area contributed by atoms with Crippen molar-refractivity contribution in [2.75, 3.05) is 13.2 Å². The van der Waals surface area contributed by atoms with Gasteiger partial charge < -0.3 is 10.1 Å². The maximum absolute atomic E-state index is 13.4. The zero-order chi connectivity index (χ0) is 13.8. The lowest BCUT2D eigenvalue weighted by molar-refractivity contribution is 0.117. The van der Waals surface area contributed by atoms with Crippen LogP contribution >= 0.6 is 0 Å². The van der Waals surface area contributed by atoms with Crippen LogP contribution in [0.3, 0.4) is 0 Å². The quantitative estimate of drug-likeness (QED) is 0.884. The minimum Gasteiger partial charge on any atom is -0.378 e. The first-order valence-corrected chi connectivity index (χ1v) is 6.91. The van der Waals surface area contributed by atoms with Crippen LogP contribution in [-0.4, -0.2) is 19.3 Å². The molecule has 3 atom stereocenters. The van der Waals surface area contributed by atoms with Crippen molar-refractivity contribution < 1.29 is 13.5 Å². The summed E-state index contributed by atoms with van der Waals surface area (Å²) >= 11 is 0. The average Bonchev–Trinajstić information content (AvgIpc) is 2.75. The number of ether oxygens (including phenoxy) is 1. The van der Waals surface area contributed by atoms with Crippen molar-refractivity contribution in [3.05, 3.63) is 35.4 Å². The molecule has 1 fully saturated rings. The van der Waals surface area contributed by atoms with Crippen molar-refractivity contribution in [1.29, 1.82) is 0 Å². The number of nitrogens with one attached hydrogen (secondary N) is 1. The number of rotatable bonds is 5. The van der Waals surface area contributed by atoms with E-state index in [0.717, 1.165) is 25.5 Å². The molecule has 1 aliphatic heterocycles. The van der Waals surface area contributed by atoms with Crippen LogP contribution in [0, 0.1) is 17.6 Å². The second kappa shape index (κ2) is 6.44. The van der Waals surface area contributed by atoms with E-state index in [1.54, 1.807) is 0 Å². The summed E-state index contributed by atoms with van der Waals surface area (Å²) in [4.78, 5) is 0. The van der Waals surface area contributed by atoms with Crippen LogP contribution in [0.5, 0.6) is 0 Å². The normalized spacial score (nSPS) is 24.6. The monoisotopic (exact) mass is 269 g/mol. The Balaban J connectivity index is 2.20. The minimum absolute atomic E-state index is 0.0462. The predicted octanol–water partition coefficient (Wildman–Crippen LogP) is 3.43. The highest BCUT2D eigenvalue weighted by Crippen LogP contribution is 2.32. The Kier molecular flexibility index (Phi) is 4.88. The van der Waals surface area contributed by atoms with Gasteiger partial charge in [-0.15, -0.1) is 0 Å². The topological polar surface area (TPSA) is 21.3 Å². The first-order valence-electron chi connectivity index (χ1n) is 6.91. The van der Waals surface area contributed by atoms with Crippen LogP contribution in [0.2, 0.25) is 0 Å². The molecule has 0 aromatic heterocycles. The Hall–Kier alpha value is -1.00. The van der Waals surface area contributed by atoms with E-state index in [1.165, 1.54) is 12.1 Å². The third-order valence-corrected chi connectivity index (χ3v) is 3.56. The number of hydrogen-bond acceptors (Lipinski definition) is 2. The largest absolute Gasteiger partial charge is 0.378 e. The molecule has 3 unspecified atom stereocenters. The lowest BCUT2D eigenvalue weighted by Gasteiger charge is -2.24. The van der Waals surface area contributed by atoms with E-state index in [0.29, 0.717) is 12.2 Å². The zero-order valence-electron chi connectivity index (χ0n) is 11.5. The summed E-state index contributed by atoms with van der Waals surface area (Å²) in [6.07, 6.45) is 2.12. The molecule has 1 aromatic carbocycles. The van der Waals surface area contributed by atoms with Gasteiger partial charge in [0, 0.05) is 18.0 Å². The summed E-state index contributed by atoms with van der Waals surface area (Å²) in [6, 6.07) is 3.70. The molecule has 1 aliphatic rings. The summed E-state index contributed by atoms with van der Waals surface area (Å²) in [5.74, 6) is -0.779.